The van der Waals surface area contributed by atoms with E-state index in [2.05, 4.69) is 13.8 Å². The normalized spacial score (nSPS) is 12.0. The van der Waals surface area contributed by atoms with Gasteiger partial charge in [-0.15, -0.1) is 0 Å². The summed E-state index contributed by atoms with van der Waals surface area (Å²) in [5.74, 6) is 0. The van der Waals surface area contributed by atoms with Crippen molar-refractivity contribution in [2.24, 2.45) is 11.5 Å². The van der Waals surface area contributed by atoms with Crippen LogP contribution in [0.1, 0.15) is 117 Å². The standard InChI is InChI=1S/C20H44N2/c1-3-5-7-9-11-13-16-20(22,18-15-19-21)17-14-12-10-8-6-4-2/h3-19,21-22H2,1-2H3. The fraction of sp³-hybridized carbons (Fsp3) is 1.00. The van der Waals surface area contributed by atoms with Crippen molar-refractivity contribution >= 4 is 0 Å². The summed E-state index contributed by atoms with van der Waals surface area (Å²) in [4.78, 5) is 0. The molecule has 0 fully saturated rings. The fourth-order valence-corrected chi connectivity index (χ4v) is 3.34. The molecule has 0 amide bonds. The molecule has 0 aromatic heterocycles. The third kappa shape index (κ3) is 13.6. The summed E-state index contributed by atoms with van der Waals surface area (Å²) in [5, 5.41) is 0. The molecule has 0 saturated heterocycles. The third-order valence-corrected chi connectivity index (χ3v) is 4.94. The first-order valence-corrected chi connectivity index (χ1v) is 10.2. The topological polar surface area (TPSA) is 52.0 Å². The minimum Gasteiger partial charge on any atom is -0.330 e. The lowest BCUT2D eigenvalue weighted by Gasteiger charge is -2.30. The minimum absolute atomic E-state index is 0.0644. The molecule has 0 atom stereocenters. The second-order valence-electron chi connectivity index (χ2n) is 7.29. The summed E-state index contributed by atoms with van der Waals surface area (Å²) in [5.41, 5.74) is 12.5. The molecule has 22 heavy (non-hydrogen) atoms. The SMILES string of the molecule is CCCCCCCCC(N)(CCCN)CCCCCCCC. The molecule has 0 heterocycles. The van der Waals surface area contributed by atoms with Crippen LogP contribution in [-0.2, 0) is 0 Å². The van der Waals surface area contributed by atoms with E-state index < -0.39 is 0 Å². The van der Waals surface area contributed by atoms with Crippen molar-refractivity contribution in [3.63, 3.8) is 0 Å². The molecule has 0 aromatic rings. The monoisotopic (exact) mass is 312 g/mol. The second-order valence-corrected chi connectivity index (χ2v) is 7.29. The quantitative estimate of drug-likeness (QED) is 0.327. The second kappa shape index (κ2) is 15.8. The average Bonchev–Trinajstić information content (AvgIpc) is 2.52. The van der Waals surface area contributed by atoms with Crippen LogP contribution in [0.2, 0.25) is 0 Å². The van der Waals surface area contributed by atoms with Gasteiger partial charge >= 0.3 is 0 Å². The zero-order valence-electron chi connectivity index (χ0n) is 15.7. The summed E-state index contributed by atoms with van der Waals surface area (Å²) in [6, 6.07) is 0. The highest BCUT2D eigenvalue weighted by Crippen LogP contribution is 2.25. The molecule has 0 aliphatic carbocycles. The number of rotatable bonds is 17. The fourth-order valence-electron chi connectivity index (χ4n) is 3.34. The summed E-state index contributed by atoms with van der Waals surface area (Å²) in [6.45, 7) is 5.34. The van der Waals surface area contributed by atoms with Crippen molar-refractivity contribution in [1.82, 2.24) is 0 Å². The first-order valence-electron chi connectivity index (χ1n) is 10.2. The van der Waals surface area contributed by atoms with Crippen molar-refractivity contribution in [1.29, 1.82) is 0 Å². The van der Waals surface area contributed by atoms with Crippen LogP contribution in [0.4, 0.5) is 0 Å². The van der Waals surface area contributed by atoms with Crippen molar-refractivity contribution in [3.8, 4) is 0 Å². The van der Waals surface area contributed by atoms with Crippen LogP contribution < -0.4 is 11.5 Å². The van der Waals surface area contributed by atoms with Gasteiger partial charge < -0.3 is 11.5 Å². The van der Waals surface area contributed by atoms with Crippen LogP contribution in [0.3, 0.4) is 0 Å². The lowest BCUT2D eigenvalue weighted by atomic mass is 9.83. The van der Waals surface area contributed by atoms with Crippen LogP contribution in [0, 0.1) is 0 Å². The Morgan fingerprint density at radius 3 is 1.32 bits per heavy atom. The highest BCUT2D eigenvalue weighted by molar-refractivity contribution is 4.84. The highest BCUT2D eigenvalue weighted by Gasteiger charge is 2.23. The predicted octanol–water partition coefficient (Wildman–Crippen LogP) is 5.92. The van der Waals surface area contributed by atoms with Crippen molar-refractivity contribution < 1.29 is 0 Å². The smallest absolute Gasteiger partial charge is 0.0154 e. The molecule has 0 rings (SSSR count). The number of hydrogen-bond donors (Lipinski definition) is 2. The lowest BCUT2D eigenvalue weighted by molar-refractivity contribution is 0.308. The van der Waals surface area contributed by atoms with Gasteiger partial charge in [-0.2, -0.15) is 0 Å². The zero-order valence-corrected chi connectivity index (χ0v) is 15.7. The Labute approximate surface area is 140 Å². The van der Waals surface area contributed by atoms with E-state index in [-0.39, 0.29) is 5.54 Å². The van der Waals surface area contributed by atoms with Gasteiger partial charge in [-0.25, -0.2) is 0 Å². The molecule has 0 bridgehead atoms. The maximum atomic E-state index is 6.71. The maximum absolute atomic E-state index is 6.71. The third-order valence-electron chi connectivity index (χ3n) is 4.94. The molecule has 0 unspecified atom stereocenters. The molecular weight excluding hydrogens is 268 g/mol. The number of hydrogen-bond acceptors (Lipinski definition) is 2. The van der Waals surface area contributed by atoms with Crippen molar-refractivity contribution in [2.75, 3.05) is 6.54 Å². The van der Waals surface area contributed by atoms with Crippen LogP contribution in [-0.4, -0.2) is 12.1 Å². The van der Waals surface area contributed by atoms with E-state index in [4.69, 9.17) is 11.5 Å². The molecule has 2 heteroatoms. The molecule has 4 N–H and O–H groups in total. The molecule has 0 radical (unpaired) electrons. The Kier molecular flexibility index (Phi) is 15.7. The average molecular weight is 313 g/mol. The van der Waals surface area contributed by atoms with Gasteiger partial charge in [0.15, 0.2) is 0 Å². The van der Waals surface area contributed by atoms with E-state index in [1.165, 1.54) is 89.9 Å². The van der Waals surface area contributed by atoms with Gasteiger partial charge in [0.2, 0.25) is 0 Å². The molecular formula is C20H44N2. The van der Waals surface area contributed by atoms with Gasteiger partial charge in [-0.05, 0) is 32.2 Å². The number of unbranched alkanes of at least 4 members (excludes halogenated alkanes) is 10. The summed E-state index contributed by atoms with van der Waals surface area (Å²) >= 11 is 0. The van der Waals surface area contributed by atoms with Crippen molar-refractivity contribution in [2.45, 2.75) is 122 Å². The molecule has 2 nitrogen and oxygen atoms in total. The van der Waals surface area contributed by atoms with Gasteiger partial charge in [-0.3, -0.25) is 0 Å². The van der Waals surface area contributed by atoms with E-state index in [0.717, 1.165) is 19.4 Å². The van der Waals surface area contributed by atoms with E-state index in [9.17, 15) is 0 Å². The van der Waals surface area contributed by atoms with E-state index in [1.54, 1.807) is 0 Å². The van der Waals surface area contributed by atoms with Gasteiger partial charge in [0.25, 0.3) is 0 Å². The maximum Gasteiger partial charge on any atom is 0.0154 e. The Morgan fingerprint density at radius 2 is 0.909 bits per heavy atom. The molecule has 0 spiro atoms. The lowest BCUT2D eigenvalue weighted by Crippen LogP contribution is -2.40. The van der Waals surface area contributed by atoms with Crippen LogP contribution in [0.15, 0.2) is 0 Å². The summed E-state index contributed by atoms with van der Waals surface area (Å²) < 4.78 is 0. The van der Waals surface area contributed by atoms with Gasteiger partial charge in [-0.1, -0.05) is 90.9 Å². The van der Waals surface area contributed by atoms with E-state index in [0.29, 0.717) is 0 Å². The molecule has 134 valence electrons. The molecule has 0 saturated carbocycles. The van der Waals surface area contributed by atoms with Gasteiger partial charge in [0, 0.05) is 5.54 Å². The Balaban J connectivity index is 3.84. The number of nitrogens with two attached hydrogens (primary N) is 2. The molecule has 0 aromatic carbocycles. The zero-order chi connectivity index (χ0) is 16.5. The van der Waals surface area contributed by atoms with Crippen LogP contribution >= 0.6 is 0 Å². The first kappa shape index (κ1) is 21.9. The Bertz CT molecular complexity index is 200. The van der Waals surface area contributed by atoms with Crippen LogP contribution in [0.25, 0.3) is 0 Å². The van der Waals surface area contributed by atoms with E-state index >= 15 is 0 Å². The summed E-state index contributed by atoms with van der Waals surface area (Å²) in [6.07, 6.45) is 20.9. The molecule has 0 aliphatic rings. The summed E-state index contributed by atoms with van der Waals surface area (Å²) in [7, 11) is 0. The van der Waals surface area contributed by atoms with Gasteiger partial charge in [0.1, 0.15) is 0 Å². The minimum atomic E-state index is 0.0644. The van der Waals surface area contributed by atoms with Gasteiger partial charge in [0.05, 0.1) is 0 Å². The first-order chi connectivity index (χ1) is 10.7. The van der Waals surface area contributed by atoms with E-state index in [1.807, 2.05) is 0 Å². The Hall–Kier alpha value is -0.0800. The largest absolute Gasteiger partial charge is 0.330 e. The predicted molar refractivity (Wildman–Crippen MR) is 101 cm³/mol. The van der Waals surface area contributed by atoms with Crippen molar-refractivity contribution in [3.05, 3.63) is 0 Å². The Morgan fingerprint density at radius 1 is 0.545 bits per heavy atom. The molecule has 0 aliphatic heterocycles. The highest BCUT2D eigenvalue weighted by atomic mass is 14.7. The van der Waals surface area contributed by atoms with Crippen LogP contribution in [0.5, 0.6) is 0 Å².